The van der Waals surface area contributed by atoms with Crippen LogP contribution in [0.1, 0.15) is 82.0 Å². The molecule has 2 aromatic rings. The molecule has 1 atom stereocenters. The molecular formula is C27H45N7O3S. The minimum absolute atomic E-state index is 0.0495. The topological polar surface area (TPSA) is 121 Å². The number of carbonyl (C=O) groups excluding carboxylic acids is 1. The summed E-state index contributed by atoms with van der Waals surface area (Å²) in [5.74, 6) is 1.04. The molecule has 1 aromatic carbocycles. The number of nitrogens with one attached hydrogen (secondary N) is 3. The highest BCUT2D eigenvalue weighted by Gasteiger charge is 2.24. The molecule has 10 nitrogen and oxygen atoms in total. The van der Waals surface area contributed by atoms with Gasteiger partial charge in [-0.2, -0.15) is 5.10 Å². The third kappa shape index (κ3) is 9.99. The summed E-state index contributed by atoms with van der Waals surface area (Å²) in [7, 11) is -1.77. The summed E-state index contributed by atoms with van der Waals surface area (Å²) < 4.78 is 30.5. The van der Waals surface area contributed by atoms with Gasteiger partial charge in [0.1, 0.15) is 5.82 Å². The molecule has 1 heterocycles. The number of sulfonamides is 1. The lowest BCUT2D eigenvalue weighted by Gasteiger charge is -2.22. The predicted octanol–water partition coefficient (Wildman–Crippen LogP) is 3.27. The molecule has 0 spiro atoms. The molecule has 1 fully saturated rings. The Morgan fingerprint density at radius 2 is 1.84 bits per heavy atom. The van der Waals surface area contributed by atoms with Crippen molar-refractivity contribution in [3.8, 4) is 0 Å². The van der Waals surface area contributed by atoms with Crippen LogP contribution in [0.25, 0.3) is 0 Å². The molecule has 38 heavy (non-hydrogen) atoms. The lowest BCUT2D eigenvalue weighted by atomic mass is 9.96. The monoisotopic (exact) mass is 547 g/mol. The first-order chi connectivity index (χ1) is 18.3. The number of nitrogens with zero attached hydrogens (tertiary/aromatic N) is 4. The zero-order valence-corrected chi connectivity index (χ0v) is 24.0. The Hall–Kier alpha value is -2.50. The zero-order valence-electron chi connectivity index (χ0n) is 23.2. The van der Waals surface area contributed by atoms with E-state index in [0.717, 1.165) is 50.9 Å². The van der Waals surface area contributed by atoms with E-state index in [2.05, 4.69) is 44.2 Å². The summed E-state index contributed by atoms with van der Waals surface area (Å²) in [5, 5.41) is 10.5. The molecule has 0 aliphatic heterocycles. The van der Waals surface area contributed by atoms with Crippen molar-refractivity contribution >= 4 is 16.1 Å². The maximum Gasteiger partial charge on any atom is 0.315 e. The van der Waals surface area contributed by atoms with Gasteiger partial charge in [0.15, 0.2) is 5.82 Å². The molecule has 11 heteroatoms. The SMILES string of the molecule is CCN(CC)CCCS(=O)(=O)N[C@H](CCc1ccccc1)c1nc(CNC(=O)NC2CCCCC2)n(C)n1. The van der Waals surface area contributed by atoms with E-state index in [1.165, 1.54) is 6.42 Å². The number of rotatable bonds is 15. The van der Waals surface area contributed by atoms with E-state index in [1.807, 2.05) is 30.3 Å². The van der Waals surface area contributed by atoms with Gasteiger partial charge in [0.05, 0.1) is 18.3 Å². The molecule has 3 N–H and O–H groups in total. The van der Waals surface area contributed by atoms with Crippen LogP contribution in [0.4, 0.5) is 4.79 Å². The smallest absolute Gasteiger partial charge is 0.315 e. The van der Waals surface area contributed by atoms with E-state index in [0.29, 0.717) is 30.9 Å². The quantitative estimate of drug-likeness (QED) is 0.315. The molecule has 1 aliphatic carbocycles. The Labute approximate surface area is 228 Å². The van der Waals surface area contributed by atoms with Gasteiger partial charge in [0.25, 0.3) is 0 Å². The van der Waals surface area contributed by atoms with Crippen LogP contribution in [0.3, 0.4) is 0 Å². The fourth-order valence-electron chi connectivity index (χ4n) is 4.87. The zero-order chi connectivity index (χ0) is 27.4. The second kappa shape index (κ2) is 15.2. The maximum atomic E-state index is 13.0. The molecule has 1 saturated carbocycles. The van der Waals surface area contributed by atoms with Gasteiger partial charge in [0.2, 0.25) is 10.0 Å². The first kappa shape index (κ1) is 30.0. The van der Waals surface area contributed by atoms with E-state index in [1.54, 1.807) is 11.7 Å². The van der Waals surface area contributed by atoms with Crippen LogP contribution < -0.4 is 15.4 Å². The molecule has 3 rings (SSSR count). The van der Waals surface area contributed by atoms with Gasteiger partial charge in [0, 0.05) is 13.1 Å². The lowest BCUT2D eigenvalue weighted by Crippen LogP contribution is -2.42. The summed E-state index contributed by atoms with van der Waals surface area (Å²) >= 11 is 0. The molecule has 2 amide bonds. The number of hydrogen-bond acceptors (Lipinski definition) is 6. The number of urea groups is 1. The lowest BCUT2D eigenvalue weighted by molar-refractivity contribution is 0.232. The van der Waals surface area contributed by atoms with Crippen LogP contribution in [0, 0.1) is 0 Å². The van der Waals surface area contributed by atoms with Crippen LogP contribution in [-0.2, 0) is 30.0 Å². The van der Waals surface area contributed by atoms with Crippen molar-refractivity contribution in [2.24, 2.45) is 7.05 Å². The number of amides is 2. The molecular weight excluding hydrogens is 502 g/mol. The van der Waals surface area contributed by atoms with Crippen molar-refractivity contribution in [1.82, 2.24) is 35.0 Å². The third-order valence-electron chi connectivity index (χ3n) is 7.20. The number of aryl methyl sites for hydroxylation is 2. The van der Waals surface area contributed by atoms with Gasteiger partial charge in [-0.1, -0.05) is 63.4 Å². The molecule has 1 aliphatic rings. The molecule has 0 bridgehead atoms. The average molecular weight is 548 g/mol. The summed E-state index contributed by atoms with van der Waals surface area (Å²) in [5.41, 5.74) is 1.12. The summed E-state index contributed by atoms with van der Waals surface area (Å²) in [6.07, 6.45) is 7.32. The average Bonchev–Trinajstić information content (AvgIpc) is 3.29. The molecule has 0 saturated heterocycles. The van der Waals surface area contributed by atoms with Crippen LogP contribution in [0.5, 0.6) is 0 Å². The summed E-state index contributed by atoms with van der Waals surface area (Å²) in [6.45, 7) is 6.91. The van der Waals surface area contributed by atoms with Crippen molar-refractivity contribution in [3.05, 3.63) is 47.5 Å². The Bertz CT molecular complexity index is 1080. The normalized spacial score (nSPS) is 15.5. The van der Waals surface area contributed by atoms with Crippen molar-refractivity contribution in [1.29, 1.82) is 0 Å². The number of benzene rings is 1. The van der Waals surface area contributed by atoms with E-state index in [-0.39, 0.29) is 24.4 Å². The van der Waals surface area contributed by atoms with Gasteiger partial charge < -0.3 is 15.5 Å². The minimum atomic E-state index is -3.54. The number of hydrogen-bond donors (Lipinski definition) is 3. The predicted molar refractivity (Wildman–Crippen MR) is 150 cm³/mol. The van der Waals surface area contributed by atoms with E-state index in [9.17, 15) is 13.2 Å². The first-order valence-electron chi connectivity index (χ1n) is 14.0. The Morgan fingerprint density at radius 3 is 2.53 bits per heavy atom. The van der Waals surface area contributed by atoms with Crippen LogP contribution in [0.2, 0.25) is 0 Å². The van der Waals surface area contributed by atoms with Gasteiger partial charge in [-0.25, -0.2) is 22.9 Å². The Balaban J connectivity index is 1.64. The number of carbonyl (C=O) groups is 1. The molecule has 1 aromatic heterocycles. The second-order valence-electron chi connectivity index (χ2n) is 10.1. The van der Waals surface area contributed by atoms with Gasteiger partial charge in [-0.15, -0.1) is 0 Å². The summed E-state index contributed by atoms with van der Waals surface area (Å²) in [6, 6.07) is 9.41. The highest BCUT2D eigenvalue weighted by molar-refractivity contribution is 7.89. The van der Waals surface area contributed by atoms with Crippen LogP contribution in [-0.4, -0.2) is 65.5 Å². The van der Waals surface area contributed by atoms with Crippen molar-refractivity contribution in [3.63, 3.8) is 0 Å². The highest BCUT2D eigenvalue weighted by Crippen LogP contribution is 2.19. The van der Waals surface area contributed by atoms with Crippen LogP contribution in [0.15, 0.2) is 30.3 Å². The molecule has 0 radical (unpaired) electrons. The minimum Gasteiger partial charge on any atom is -0.335 e. The first-order valence-corrected chi connectivity index (χ1v) is 15.6. The fourth-order valence-corrected chi connectivity index (χ4v) is 6.16. The molecule has 0 unspecified atom stereocenters. The second-order valence-corrected chi connectivity index (χ2v) is 11.9. The van der Waals surface area contributed by atoms with Crippen molar-refractivity contribution in [2.75, 3.05) is 25.4 Å². The van der Waals surface area contributed by atoms with Crippen LogP contribution >= 0.6 is 0 Å². The largest absolute Gasteiger partial charge is 0.335 e. The molecule has 212 valence electrons. The fraction of sp³-hybridized carbons (Fsp3) is 0.667. The Morgan fingerprint density at radius 1 is 1.13 bits per heavy atom. The van der Waals surface area contributed by atoms with E-state index < -0.39 is 16.1 Å². The highest BCUT2D eigenvalue weighted by atomic mass is 32.2. The standard InChI is InChI=1S/C27H45N7O3S/c1-4-34(5-2)19-12-20-38(36,37)32-24(18-17-22-13-8-6-9-14-22)26-30-25(33(3)31-26)21-28-27(35)29-23-15-10-7-11-16-23/h6,8-9,13-14,23-24,32H,4-5,7,10-12,15-21H2,1-3H3,(H2,28,29,35)/t24-/m1/s1. The number of aromatic nitrogens is 3. The van der Waals surface area contributed by atoms with Crippen molar-refractivity contribution < 1.29 is 13.2 Å². The Kier molecular flexibility index (Phi) is 12.0. The maximum absolute atomic E-state index is 13.0. The van der Waals surface area contributed by atoms with Gasteiger partial charge >= 0.3 is 6.03 Å². The van der Waals surface area contributed by atoms with Gasteiger partial charge in [-0.3, -0.25) is 4.68 Å². The van der Waals surface area contributed by atoms with Crippen molar-refractivity contribution in [2.45, 2.75) is 83.8 Å². The summed E-state index contributed by atoms with van der Waals surface area (Å²) in [4.78, 5) is 19.2. The third-order valence-corrected chi connectivity index (χ3v) is 8.67. The van der Waals surface area contributed by atoms with Gasteiger partial charge in [-0.05, 0) is 57.3 Å². The van der Waals surface area contributed by atoms with E-state index in [4.69, 9.17) is 0 Å². The van der Waals surface area contributed by atoms with E-state index >= 15 is 0 Å².